The van der Waals surface area contributed by atoms with Crippen molar-refractivity contribution >= 4 is 26.8 Å². The van der Waals surface area contributed by atoms with Crippen molar-refractivity contribution in [3.8, 4) is 23.3 Å². The minimum Gasteiger partial charge on any atom is -0.481 e. The first-order valence-corrected chi connectivity index (χ1v) is 9.33. The number of rotatable bonds is 4. The smallest absolute Gasteiger partial charge is 0.293 e. The van der Waals surface area contributed by atoms with Crippen LogP contribution < -0.4 is 15.0 Å². The lowest BCUT2D eigenvalue weighted by Gasteiger charge is -2.09. The van der Waals surface area contributed by atoms with Crippen LogP contribution in [0, 0.1) is 25.7 Å². The van der Waals surface area contributed by atoms with Gasteiger partial charge in [-0.15, -0.1) is 0 Å². The first-order chi connectivity index (χ1) is 13.0. The molecule has 5 heteroatoms. The molecule has 0 aliphatic rings. The summed E-state index contributed by atoms with van der Waals surface area (Å²) in [6.45, 7) is 4.46. The van der Waals surface area contributed by atoms with Crippen molar-refractivity contribution in [1.29, 1.82) is 0 Å². The molecule has 0 aliphatic carbocycles. The topological polar surface area (TPSA) is 40.5 Å². The molecule has 1 heterocycles. The van der Waals surface area contributed by atoms with Crippen molar-refractivity contribution < 1.29 is 9.47 Å². The molecule has 138 valence electrons. The van der Waals surface area contributed by atoms with Gasteiger partial charge in [-0.05, 0) is 49.7 Å². The molecule has 0 spiro atoms. The van der Waals surface area contributed by atoms with Gasteiger partial charge < -0.3 is 14.0 Å². The van der Waals surface area contributed by atoms with Crippen molar-refractivity contribution in [2.75, 3.05) is 13.2 Å². The number of pyridine rings is 1. The molecular formula is C22H20BrNO3. The second-order valence-electron chi connectivity index (χ2n) is 6.28. The number of nitrogens with zero attached hydrogens (tertiary/aromatic N) is 1. The number of fused-ring (bicyclic) bond motifs is 1. The van der Waals surface area contributed by atoms with E-state index in [2.05, 4.69) is 33.8 Å². The second-order valence-corrected chi connectivity index (χ2v) is 7.19. The quantitative estimate of drug-likeness (QED) is 0.582. The fourth-order valence-corrected chi connectivity index (χ4v) is 3.20. The lowest BCUT2D eigenvalue weighted by Crippen LogP contribution is -2.19. The van der Waals surface area contributed by atoms with Crippen LogP contribution in [0.15, 0.2) is 51.7 Å². The average Bonchev–Trinajstić information content (AvgIpc) is 2.63. The molecule has 3 aromatic rings. The summed E-state index contributed by atoms with van der Waals surface area (Å²) >= 11 is 3.44. The first-order valence-electron chi connectivity index (χ1n) is 8.53. The standard InChI is InChI=1S/C22H20BrNO3/c1-15-6-9-20(16(2)12-15)26-10-4-5-11-27-21-14-17-13-18(23)7-8-19(17)24(3)22(21)25/h6-9,12-14H,10-11H2,1-3H3. The van der Waals surface area contributed by atoms with Crippen LogP contribution in [-0.4, -0.2) is 17.8 Å². The third kappa shape index (κ3) is 4.53. The summed E-state index contributed by atoms with van der Waals surface area (Å²) in [6.07, 6.45) is 0. The van der Waals surface area contributed by atoms with Crippen LogP contribution in [0.3, 0.4) is 0 Å². The molecule has 0 fully saturated rings. The van der Waals surface area contributed by atoms with Crippen LogP contribution in [0.2, 0.25) is 0 Å². The van der Waals surface area contributed by atoms with Crippen molar-refractivity contribution in [2.24, 2.45) is 7.05 Å². The highest BCUT2D eigenvalue weighted by Crippen LogP contribution is 2.21. The number of aromatic nitrogens is 1. The van der Waals surface area contributed by atoms with E-state index in [0.29, 0.717) is 0 Å². The predicted molar refractivity (Wildman–Crippen MR) is 112 cm³/mol. The molecule has 27 heavy (non-hydrogen) atoms. The molecule has 4 nitrogen and oxygen atoms in total. The summed E-state index contributed by atoms with van der Waals surface area (Å²) in [5.41, 5.74) is 2.95. The fraction of sp³-hybridized carbons (Fsp3) is 0.227. The Morgan fingerprint density at radius 3 is 2.37 bits per heavy atom. The van der Waals surface area contributed by atoms with Crippen LogP contribution in [0.1, 0.15) is 11.1 Å². The molecular weight excluding hydrogens is 406 g/mol. The zero-order valence-corrected chi connectivity index (χ0v) is 17.1. The van der Waals surface area contributed by atoms with Gasteiger partial charge >= 0.3 is 0 Å². The number of ether oxygens (including phenoxy) is 2. The molecule has 0 saturated heterocycles. The molecule has 0 radical (unpaired) electrons. The van der Waals surface area contributed by atoms with Gasteiger partial charge in [-0.1, -0.05) is 45.5 Å². The van der Waals surface area contributed by atoms with Gasteiger partial charge in [-0.2, -0.15) is 0 Å². The van der Waals surface area contributed by atoms with Gasteiger partial charge in [0.2, 0.25) is 0 Å². The molecule has 0 atom stereocenters. The monoisotopic (exact) mass is 425 g/mol. The lowest BCUT2D eigenvalue weighted by molar-refractivity contribution is 0.357. The summed E-state index contributed by atoms with van der Waals surface area (Å²) in [7, 11) is 1.73. The zero-order chi connectivity index (χ0) is 19.4. The minimum atomic E-state index is -0.182. The summed E-state index contributed by atoms with van der Waals surface area (Å²) in [6, 6.07) is 13.5. The third-order valence-corrected chi connectivity index (χ3v) is 4.70. The molecule has 0 unspecified atom stereocenters. The number of aryl methyl sites for hydroxylation is 3. The van der Waals surface area contributed by atoms with E-state index in [-0.39, 0.29) is 24.5 Å². The molecule has 0 bridgehead atoms. The molecule has 3 rings (SSSR count). The van der Waals surface area contributed by atoms with E-state index < -0.39 is 0 Å². The Hall–Kier alpha value is -2.71. The number of hydrogen-bond acceptors (Lipinski definition) is 3. The van der Waals surface area contributed by atoms with Crippen LogP contribution in [0.4, 0.5) is 0 Å². The largest absolute Gasteiger partial charge is 0.481 e. The predicted octanol–water partition coefficient (Wildman–Crippen LogP) is 4.38. The minimum absolute atomic E-state index is 0.130. The normalized spacial score (nSPS) is 10.4. The van der Waals surface area contributed by atoms with Crippen LogP contribution in [0.25, 0.3) is 10.9 Å². The zero-order valence-electron chi connectivity index (χ0n) is 15.5. The summed E-state index contributed by atoms with van der Waals surface area (Å²) in [5.74, 6) is 6.91. The van der Waals surface area contributed by atoms with Gasteiger partial charge in [0, 0.05) is 16.9 Å². The van der Waals surface area contributed by atoms with Crippen molar-refractivity contribution in [3.63, 3.8) is 0 Å². The maximum Gasteiger partial charge on any atom is 0.293 e. The van der Waals surface area contributed by atoms with Crippen molar-refractivity contribution in [1.82, 2.24) is 4.57 Å². The lowest BCUT2D eigenvalue weighted by atomic mass is 10.1. The van der Waals surface area contributed by atoms with E-state index in [1.807, 2.05) is 44.2 Å². The van der Waals surface area contributed by atoms with Crippen molar-refractivity contribution in [2.45, 2.75) is 13.8 Å². The maximum atomic E-state index is 12.4. The number of hydrogen-bond donors (Lipinski definition) is 0. The Balaban J connectivity index is 1.63. The van der Waals surface area contributed by atoms with E-state index in [0.717, 1.165) is 26.7 Å². The van der Waals surface area contributed by atoms with E-state index in [9.17, 15) is 4.79 Å². The van der Waals surface area contributed by atoms with Crippen LogP contribution in [0.5, 0.6) is 11.5 Å². The summed E-state index contributed by atoms with van der Waals surface area (Å²) in [4.78, 5) is 12.4. The fourth-order valence-electron chi connectivity index (χ4n) is 2.82. The molecule has 0 aliphatic heterocycles. The van der Waals surface area contributed by atoms with Gasteiger partial charge in [0.1, 0.15) is 19.0 Å². The molecule has 0 N–H and O–H groups in total. The Labute approximate surface area is 166 Å². The Morgan fingerprint density at radius 2 is 1.67 bits per heavy atom. The number of halogens is 1. The Bertz CT molecular complexity index is 1110. The third-order valence-electron chi connectivity index (χ3n) is 4.21. The van der Waals surface area contributed by atoms with Gasteiger partial charge in [-0.3, -0.25) is 4.79 Å². The van der Waals surface area contributed by atoms with Gasteiger partial charge in [0.25, 0.3) is 5.56 Å². The first kappa shape index (κ1) is 19.1. The maximum absolute atomic E-state index is 12.4. The van der Waals surface area contributed by atoms with Crippen LogP contribution >= 0.6 is 15.9 Å². The Morgan fingerprint density at radius 1 is 0.963 bits per heavy atom. The highest BCUT2D eigenvalue weighted by Gasteiger charge is 2.07. The summed E-state index contributed by atoms with van der Waals surface area (Å²) < 4.78 is 13.8. The second kappa shape index (κ2) is 8.32. The van der Waals surface area contributed by atoms with Crippen LogP contribution in [-0.2, 0) is 7.05 Å². The molecule has 1 aromatic heterocycles. The molecule has 2 aromatic carbocycles. The average molecular weight is 426 g/mol. The van der Waals surface area contributed by atoms with Crippen molar-refractivity contribution in [3.05, 3.63) is 68.4 Å². The van der Waals surface area contributed by atoms with E-state index in [1.54, 1.807) is 17.7 Å². The van der Waals surface area contributed by atoms with E-state index in [4.69, 9.17) is 9.47 Å². The van der Waals surface area contributed by atoms with E-state index in [1.165, 1.54) is 5.56 Å². The van der Waals surface area contributed by atoms with E-state index >= 15 is 0 Å². The molecule has 0 saturated carbocycles. The highest BCUT2D eigenvalue weighted by atomic mass is 79.9. The highest BCUT2D eigenvalue weighted by molar-refractivity contribution is 9.10. The Kier molecular flexibility index (Phi) is 5.88. The van der Waals surface area contributed by atoms with Gasteiger partial charge in [0.15, 0.2) is 5.75 Å². The SMILES string of the molecule is Cc1ccc(OCC#CCOc2cc3cc(Br)ccc3n(C)c2=O)c(C)c1. The van der Waals surface area contributed by atoms with Gasteiger partial charge in [-0.25, -0.2) is 0 Å². The van der Waals surface area contributed by atoms with Gasteiger partial charge in [0.05, 0.1) is 5.52 Å². The summed E-state index contributed by atoms with van der Waals surface area (Å²) in [5, 5.41) is 0.924. The number of benzene rings is 2. The molecule has 0 amide bonds.